The molecule has 0 radical (unpaired) electrons. The van der Waals surface area contributed by atoms with Crippen LogP contribution in [0.1, 0.15) is 50.3 Å². The summed E-state index contributed by atoms with van der Waals surface area (Å²) in [4.78, 5) is 13.3. The molecule has 0 bridgehead atoms. The van der Waals surface area contributed by atoms with E-state index in [0.29, 0.717) is 29.7 Å². The Morgan fingerprint density at radius 1 is 1.19 bits per heavy atom. The lowest BCUT2D eigenvalue weighted by Crippen LogP contribution is -2.31. The highest BCUT2D eigenvalue weighted by Crippen LogP contribution is 2.52. The van der Waals surface area contributed by atoms with Crippen molar-refractivity contribution in [1.82, 2.24) is 0 Å². The molecule has 0 saturated heterocycles. The first kappa shape index (κ1) is 20.6. The Bertz CT molecular complexity index is 1180. The fourth-order valence-electron chi connectivity index (χ4n) is 4.39. The molecule has 2 aliphatic heterocycles. The van der Waals surface area contributed by atoms with E-state index in [1.54, 1.807) is 12.1 Å². The van der Waals surface area contributed by atoms with Gasteiger partial charge in [0.1, 0.15) is 6.07 Å². The van der Waals surface area contributed by atoms with Crippen LogP contribution in [0.15, 0.2) is 30.3 Å². The van der Waals surface area contributed by atoms with Crippen LogP contribution in [-0.2, 0) is 16.6 Å². The standard InChI is InChI=1S/C24H23F2N3O3/c1-22(2,3)20-10-13-8-17(14(12-27)9-16(13)28-20)29-21(30)23(6-7-23)15-4-5-18-19(11-15)32-24(25,26)31-18/h4-5,8-9,11,20,28H,6-7,10H2,1-3H3,(H,29,30). The molecular formula is C24H23F2N3O3. The van der Waals surface area contributed by atoms with E-state index >= 15 is 0 Å². The van der Waals surface area contributed by atoms with E-state index in [9.17, 15) is 18.8 Å². The maximum atomic E-state index is 13.4. The number of carbonyl (C=O) groups excluding carboxylic acids is 1. The van der Waals surface area contributed by atoms with Gasteiger partial charge in [-0.3, -0.25) is 4.79 Å². The first-order chi connectivity index (χ1) is 15.0. The third-order valence-corrected chi connectivity index (χ3v) is 6.55. The van der Waals surface area contributed by atoms with Crippen LogP contribution >= 0.6 is 0 Å². The number of hydrogen-bond acceptors (Lipinski definition) is 5. The van der Waals surface area contributed by atoms with Crippen LogP contribution in [0.3, 0.4) is 0 Å². The van der Waals surface area contributed by atoms with Crippen LogP contribution in [0.4, 0.5) is 20.2 Å². The fourth-order valence-corrected chi connectivity index (χ4v) is 4.39. The van der Waals surface area contributed by atoms with Crippen molar-refractivity contribution < 1.29 is 23.0 Å². The van der Waals surface area contributed by atoms with E-state index < -0.39 is 11.7 Å². The summed E-state index contributed by atoms with van der Waals surface area (Å²) in [6.07, 6.45) is -1.75. The van der Waals surface area contributed by atoms with Crippen LogP contribution < -0.4 is 20.1 Å². The van der Waals surface area contributed by atoms with Gasteiger partial charge in [0.15, 0.2) is 11.5 Å². The van der Waals surface area contributed by atoms with Crippen LogP contribution in [0.5, 0.6) is 11.5 Å². The average Bonchev–Trinajstić information content (AvgIpc) is 3.31. The number of nitrogens with zero attached hydrogens (tertiary/aromatic N) is 1. The second-order valence-corrected chi connectivity index (χ2v) is 9.80. The zero-order valence-corrected chi connectivity index (χ0v) is 18.0. The van der Waals surface area contributed by atoms with Gasteiger partial charge in [-0.05, 0) is 60.1 Å². The maximum Gasteiger partial charge on any atom is 0.586 e. The van der Waals surface area contributed by atoms with Crippen molar-refractivity contribution in [3.63, 3.8) is 0 Å². The molecule has 1 saturated carbocycles. The number of hydrogen-bond donors (Lipinski definition) is 2. The number of nitrogens with one attached hydrogen (secondary N) is 2. The molecule has 2 N–H and O–H groups in total. The first-order valence-corrected chi connectivity index (χ1v) is 10.6. The second kappa shape index (κ2) is 6.58. The number of nitriles is 1. The normalized spacial score (nSPS) is 21.3. The Labute approximate surface area is 184 Å². The molecule has 1 amide bonds. The van der Waals surface area contributed by atoms with Gasteiger partial charge in [0, 0.05) is 11.7 Å². The Hall–Kier alpha value is -3.34. The van der Waals surface area contributed by atoms with Crippen molar-refractivity contribution >= 4 is 17.3 Å². The van der Waals surface area contributed by atoms with Crippen molar-refractivity contribution in [3.05, 3.63) is 47.0 Å². The van der Waals surface area contributed by atoms with Crippen molar-refractivity contribution in [2.24, 2.45) is 5.41 Å². The second-order valence-electron chi connectivity index (χ2n) is 9.80. The smallest absolute Gasteiger partial charge is 0.395 e. The molecule has 8 heteroatoms. The van der Waals surface area contributed by atoms with Gasteiger partial charge < -0.3 is 20.1 Å². The number of anilines is 2. The number of ether oxygens (including phenoxy) is 2. The number of rotatable bonds is 3. The van der Waals surface area contributed by atoms with Gasteiger partial charge in [-0.1, -0.05) is 26.8 Å². The highest BCUT2D eigenvalue weighted by molar-refractivity contribution is 6.02. The van der Waals surface area contributed by atoms with E-state index in [-0.39, 0.29) is 28.9 Å². The molecule has 2 heterocycles. The number of benzene rings is 2. The SMILES string of the molecule is CC(C)(C)C1Cc2cc(NC(=O)C3(c4ccc5c(c4)OC(F)(F)O5)CC3)c(C#N)cc2N1. The summed E-state index contributed by atoms with van der Waals surface area (Å²) >= 11 is 0. The largest absolute Gasteiger partial charge is 0.586 e. The molecule has 0 spiro atoms. The molecule has 2 aromatic carbocycles. The molecule has 6 nitrogen and oxygen atoms in total. The molecule has 1 aliphatic carbocycles. The van der Waals surface area contributed by atoms with Crippen LogP contribution in [0.25, 0.3) is 0 Å². The fraction of sp³-hybridized carbons (Fsp3) is 0.417. The molecular weight excluding hydrogens is 416 g/mol. The maximum absolute atomic E-state index is 13.4. The molecule has 3 aliphatic rings. The summed E-state index contributed by atoms with van der Waals surface area (Å²) in [5.41, 5.74) is 2.60. The molecule has 1 atom stereocenters. The average molecular weight is 439 g/mol. The number of amides is 1. The summed E-state index contributed by atoms with van der Waals surface area (Å²) in [7, 11) is 0. The summed E-state index contributed by atoms with van der Waals surface area (Å²) in [6, 6.07) is 10.5. The Morgan fingerprint density at radius 2 is 1.91 bits per heavy atom. The lowest BCUT2D eigenvalue weighted by molar-refractivity contribution is -0.286. The van der Waals surface area contributed by atoms with E-state index in [0.717, 1.165) is 17.7 Å². The predicted molar refractivity (Wildman–Crippen MR) is 114 cm³/mol. The zero-order valence-electron chi connectivity index (χ0n) is 18.0. The first-order valence-electron chi connectivity index (χ1n) is 10.6. The van der Waals surface area contributed by atoms with Gasteiger partial charge in [-0.15, -0.1) is 8.78 Å². The summed E-state index contributed by atoms with van der Waals surface area (Å²) in [6.45, 7) is 6.47. The highest BCUT2D eigenvalue weighted by atomic mass is 19.3. The minimum Gasteiger partial charge on any atom is -0.395 e. The van der Waals surface area contributed by atoms with E-state index in [2.05, 4.69) is 46.9 Å². The van der Waals surface area contributed by atoms with Gasteiger partial charge >= 0.3 is 6.29 Å². The van der Waals surface area contributed by atoms with E-state index in [1.165, 1.54) is 12.1 Å². The predicted octanol–water partition coefficient (Wildman–Crippen LogP) is 4.93. The minimum atomic E-state index is -3.70. The lowest BCUT2D eigenvalue weighted by Gasteiger charge is -2.27. The summed E-state index contributed by atoms with van der Waals surface area (Å²) < 4.78 is 35.7. The van der Waals surface area contributed by atoms with Gasteiger partial charge in [-0.2, -0.15) is 5.26 Å². The molecule has 1 fully saturated rings. The van der Waals surface area contributed by atoms with Crippen LogP contribution in [0.2, 0.25) is 0 Å². The number of halogens is 2. The molecule has 0 aromatic heterocycles. The molecule has 2 aromatic rings. The lowest BCUT2D eigenvalue weighted by atomic mass is 9.85. The minimum absolute atomic E-state index is 0.0451. The van der Waals surface area contributed by atoms with Gasteiger partial charge in [-0.25, -0.2) is 0 Å². The van der Waals surface area contributed by atoms with Crippen molar-refractivity contribution in [2.45, 2.75) is 57.8 Å². The number of alkyl halides is 2. The Kier molecular flexibility index (Phi) is 4.23. The number of fused-ring (bicyclic) bond motifs is 2. The third-order valence-electron chi connectivity index (χ3n) is 6.55. The number of carbonyl (C=O) groups is 1. The van der Waals surface area contributed by atoms with Gasteiger partial charge in [0.2, 0.25) is 5.91 Å². The Morgan fingerprint density at radius 3 is 2.56 bits per heavy atom. The van der Waals surface area contributed by atoms with Gasteiger partial charge in [0.25, 0.3) is 0 Å². The van der Waals surface area contributed by atoms with Gasteiger partial charge in [0.05, 0.1) is 16.7 Å². The summed E-state index contributed by atoms with van der Waals surface area (Å²) in [5.74, 6) is -0.403. The van der Waals surface area contributed by atoms with Crippen molar-refractivity contribution in [2.75, 3.05) is 10.6 Å². The van der Waals surface area contributed by atoms with Crippen LogP contribution in [0, 0.1) is 16.7 Å². The topological polar surface area (TPSA) is 83.4 Å². The van der Waals surface area contributed by atoms with Crippen molar-refractivity contribution in [3.8, 4) is 17.6 Å². The van der Waals surface area contributed by atoms with Crippen molar-refractivity contribution in [1.29, 1.82) is 5.26 Å². The quantitative estimate of drug-likeness (QED) is 0.708. The highest BCUT2D eigenvalue weighted by Gasteiger charge is 2.53. The molecule has 166 valence electrons. The molecule has 1 unspecified atom stereocenters. The van der Waals surface area contributed by atoms with Crippen LogP contribution in [-0.4, -0.2) is 18.2 Å². The molecule has 5 rings (SSSR count). The molecule has 32 heavy (non-hydrogen) atoms. The van der Waals surface area contributed by atoms with E-state index in [1.807, 2.05) is 6.07 Å². The third kappa shape index (κ3) is 3.32. The Balaban J connectivity index is 1.40. The summed E-state index contributed by atoms with van der Waals surface area (Å²) in [5, 5.41) is 16.0. The zero-order chi connectivity index (χ0) is 22.9. The van der Waals surface area contributed by atoms with E-state index in [4.69, 9.17) is 0 Å². The monoisotopic (exact) mass is 439 g/mol.